The number of nitrogens with zero attached hydrogens (tertiary/aromatic N) is 2. The summed E-state index contributed by atoms with van der Waals surface area (Å²) in [5, 5.41) is 16.7. The third-order valence-electron chi connectivity index (χ3n) is 2.37. The number of hydrogen-bond acceptors (Lipinski definition) is 8. The summed E-state index contributed by atoms with van der Waals surface area (Å²) in [6.45, 7) is 0. The van der Waals surface area contributed by atoms with Crippen LogP contribution in [-0.4, -0.2) is 8.42 Å². The first kappa shape index (κ1) is 15.9. The quantitative estimate of drug-likeness (QED) is 0.738. The molecule has 0 spiro atoms. The van der Waals surface area contributed by atoms with E-state index in [1.54, 1.807) is 0 Å². The Bertz CT molecular complexity index is 781. The number of benzene rings is 2. The molecule has 23 heavy (non-hydrogen) atoms. The highest BCUT2D eigenvalue weighted by Crippen LogP contribution is 2.22. The van der Waals surface area contributed by atoms with Gasteiger partial charge in [-0.05, 0) is 48.5 Å². The smallest absolute Gasteiger partial charge is 0.388 e. The molecule has 0 N–H and O–H groups in total. The van der Waals surface area contributed by atoms with Crippen molar-refractivity contribution in [1.82, 2.24) is 0 Å². The van der Waals surface area contributed by atoms with Gasteiger partial charge in [-0.15, -0.1) is 18.9 Å². The SMILES string of the molecule is N#COc1ccc(OS(=O)(=O)Oc2ccc(OC#N)cc2)cc1. The predicted molar refractivity (Wildman–Crippen MR) is 75.5 cm³/mol. The molecule has 0 aliphatic rings. The molecule has 0 fully saturated rings. The van der Waals surface area contributed by atoms with Crippen LogP contribution in [0.1, 0.15) is 0 Å². The van der Waals surface area contributed by atoms with E-state index in [-0.39, 0.29) is 23.0 Å². The zero-order valence-corrected chi connectivity index (χ0v) is 12.2. The maximum atomic E-state index is 11.8. The zero-order valence-electron chi connectivity index (χ0n) is 11.4. The van der Waals surface area contributed by atoms with Crippen molar-refractivity contribution in [2.24, 2.45) is 0 Å². The largest absolute Gasteiger partial charge is 0.500 e. The minimum absolute atomic E-state index is 0.0141. The molecule has 0 unspecified atom stereocenters. The van der Waals surface area contributed by atoms with Gasteiger partial charge in [0.05, 0.1) is 0 Å². The van der Waals surface area contributed by atoms with Gasteiger partial charge in [-0.3, -0.25) is 0 Å². The first-order valence-corrected chi connectivity index (χ1v) is 7.31. The maximum Gasteiger partial charge on any atom is 0.500 e. The summed E-state index contributed by atoms with van der Waals surface area (Å²) in [6.07, 6.45) is 2.97. The molecule has 0 radical (unpaired) electrons. The van der Waals surface area contributed by atoms with Gasteiger partial charge in [-0.1, -0.05) is 0 Å². The highest BCUT2D eigenvalue weighted by atomic mass is 32.3. The van der Waals surface area contributed by atoms with Crippen LogP contribution in [0.4, 0.5) is 0 Å². The Balaban J connectivity index is 2.04. The van der Waals surface area contributed by atoms with E-state index >= 15 is 0 Å². The van der Waals surface area contributed by atoms with E-state index in [1.807, 2.05) is 0 Å². The molecule has 0 bridgehead atoms. The first-order valence-electron chi connectivity index (χ1n) is 5.98. The van der Waals surface area contributed by atoms with Crippen LogP contribution in [0, 0.1) is 23.0 Å². The molecule has 2 aromatic rings. The average molecular weight is 332 g/mol. The minimum atomic E-state index is -4.35. The summed E-state index contributed by atoms with van der Waals surface area (Å²) in [5.41, 5.74) is 0. The molecular formula is C14H8N2O6S. The van der Waals surface area contributed by atoms with Crippen LogP contribution in [0.3, 0.4) is 0 Å². The van der Waals surface area contributed by atoms with Crippen LogP contribution in [0.2, 0.25) is 0 Å². The summed E-state index contributed by atoms with van der Waals surface area (Å²) in [5.74, 6) is 0.456. The van der Waals surface area contributed by atoms with Gasteiger partial charge >= 0.3 is 10.4 Å². The van der Waals surface area contributed by atoms with Crippen molar-refractivity contribution in [3.05, 3.63) is 48.5 Å². The Hall–Kier alpha value is -3.43. The Kier molecular flexibility index (Phi) is 4.87. The summed E-state index contributed by atoms with van der Waals surface area (Å²) >= 11 is 0. The van der Waals surface area contributed by atoms with Crippen molar-refractivity contribution in [2.45, 2.75) is 0 Å². The molecule has 9 heteroatoms. The molecule has 2 rings (SSSR count). The van der Waals surface area contributed by atoms with Gasteiger partial charge < -0.3 is 17.8 Å². The van der Waals surface area contributed by atoms with Crippen LogP contribution in [0.5, 0.6) is 23.0 Å². The van der Waals surface area contributed by atoms with Gasteiger partial charge in [-0.2, -0.15) is 0 Å². The molecule has 0 aliphatic carbocycles. The fraction of sp³-hybridized carbons (Fsp3) is 0. The lowest BCUT2D eigenvalue weighted by molar-refractivity contribution is 0.391. The highest BCUT2D eigenvalue weighted by Gasteiger charge is 2.16. The third-order valence-corrected chi connectivity index (χ3v) is 3.16. The lowest BCUT2D eigenvalue weighted by atomic mass is 10.3. The normalized spacial score (nSPS) is 10.0. The third kappa shape index (κ3) is 4.81. The molecule has 0 saturated heterocycles. The number of hydrogen-bond donors (Lipinski definition) is 0. The second-order valence-corrected chi connectivity index (χ2v) is 5.05. The summed E-state index contributed by atoms with van der Waals surface area (Å²) in [7, 11) is -4.35. The number of nitriles is 2. The summed E-state index contributed by atoms with van der Waals surface area (Å²) in [6, 6.07) is 10.7. The number of rotatable bonds is 6. The fourth-order valence-corrected chi connectivity index (χ4v) is 2.21. The Morgan fingerprint density at radius 2 is 0.957 bits per heavy atom. The van der Waals surface area contributed by atoms with E-state index in [9.17, 15) is 8.42 Å². The van der Waals surface area contributed by atoms with E-state index in [0.717, 1.165) is 0 Å². The molecule has 0 atom stereocenters. The monoisotopic (exact) mass is 332 g/mol. The summed E-state index contributed by atoms with van der Waals surface area (Å²) in [4.78, 5) is 0. The predicted octanol–water partition coefficient (Wildman–Crippen LogP) is 2.11. The van der Waals surface area contributed by atoms with Gasteiger partial charge in [0.1, 0.15) is 23.0 Å². The lowest BCUT2D eigenvalue weighted by Gasteiger charge is -2.08. The second kappa shape index (κ2) is 7.02. The van der Waals surface area contributed by atoms with Crippen LogP contribution < -0.4 is 17.8 Å². The first-order chi connectivity index (χ1) is 11.0. The van der Waals surface area contributed by atoms with Gasteiger partial charge in [0, 0.05) is 0 Å². The Labute approximate surface area is 132 Å². The molecule has 0 heterocycles. The van der Waals surface area contributed by atoms with E-state index < -0.39 is 10.4 Å². The van der Waals surface area contributed by atoms with Crippen molar-refractivity contribution < 1.29 is 26.3 Å². The van der Waals surface area contributed by atoms with Crippen molar-refractivity contribution in [3.63, 3.8) is 0 Å². The zero-order chi connectivity index (χ0) is 16.7. The fourth-order valence-electron chi connectivity index (χ4n) is 1.48. The van der Waals surface area contributed by atoms with Gasteiger partial charge in [-0.25, -0.2) is 0 Å². The van der Waals surface area contributed by atoms with Gasteiger partial charge in [0.15, 0.2) is 0 Å². The van der Waals surface area contributed by atoms with Crippen molar-refractivity contribution in [2.75, 3.05) is 0 Å². The van der Waals surface area contributed by atoms with Gasteiger partial charge in [0.2, 0.25) is 0 Å². The van der Waals surface area contributed by atoms with Crippen LogP contribution >= 0.6 is 0 Å². The maximum absolute atomic E-state index is 11.8. The molecule has 0 saturated carbocycles. The van der Waals surface area contributed by atoms with Crippen LogP contribution in [-0.2, 0) is 10.4 Å². The Morgan fingerprint density at radius 3 is 1.26 bits per heavy atom. The summed E-state index contributed by atoms with van der Waals surface area (Å²) < 4.78 is 42.2. The van der Waals surface area contributed by atoms with Crippen molar-refractivity contribution in [1.29, 1.82) is 10.5 Å². The Morgan fingerprint density at radius 1 is 0.652 bits per heavy atom. The molecular weight excluding hydrogens is 324 g/mol. The molecule has 2 aromatic carbocycles. The minimum Gasteiger partial charge on any atom is -0.388 e. The average Bonchev–Trinajstić information content (AvgIpc) is 2.51. The second-order valence-electron chi connectivity index (χ2n) is 3.90. The standard InChI is InChI=1S/C14H8N2O6S/c15-9-19-11-1-5-13(6-2-11)21-23(17,18)22-14-7-3-12(4-8-14)20-10-16/h1-8H. The molecule has 0 aromatic heterocycles. The highest BCUT2D eigenvalue weighted by molar-refractivity contribution is 7.82. The molecule has 0 aliphatic heterocycles. The van der Waals surface area contributed by atoms with Crippen LogP contribution in [0.25, 0.3) is 0 Å². The van der Waals surface area contributed by atoms with E-state index in [4.69, 9.17) is 18.9 Å². The number of ether oxygens (including phenoxy) is 2. The molecule has 8 nitrogen and oxygen atoms in total. The topological polar surface area (TPSA) is 119 Å². The van der Waals surface area contributed by atoms with Crippen molar-refractivity contribution in [3.8, 4) is 35.5 Å². The van der Waals surface area contributed by atoms with Crippen LogP contribution in [0.15, 0.2) is 48.5 Å². The van der Waals surface area contributed by atoms with E-state index in [1.165, 1.54) is 61.0 Å². The van der Waals surface area contributed by atoms with Crippen molar-refractivity contribution >= 4 is 10.4 Å². The molecule has 0 amide bonds. The van der Waals surface area contributed by atoms with E-state index in [2.05, 4.69) is 9.47 Å². The van der Waals surface area contributed by atoms with Gasteiger partial charge in [0.25, 0.3) is 12.5 Å². The molecule has 116 valence electrons. The van der Waals surface area contributed by atoms with E-state index in [0.29, 0.717) is 0 Å². The lowest BCUT2D eigenvalue weighted by Crippen LogP contribution is -2.16.